The molecule has 0 radical (unpaired) electrons. The SMILES string of the molecule is CCC[C@@H](C(=O)O)[C@]1(O)CCC[C@H]1Cl. The van der Waals surface area contributed by atoms with E-state index in [0.29, 0.717) is 19.3 Å². The lowest BCUT2D eigenvalue weighted by Crippen LogP contribution is -2.46. The molecule has 0 aromatic carbocycles. The summed E-state index contributed by atoms with van der Waals surface area (Å²) in [7, 11) is 0. The average Bonchev–Trinajstić information content (AvgIpc) is 2.43. The standard InChI is InChI=1S/C10H17ClO3/c1-2-4-7(9(12)13)10(14)6-3-5-8(10)11/h7-8,14H,2-6H2,1H3,(H,12,13)/t7-,8+,10+/m0/s1. The van der Waals surface area contributed by atoms with Crippen LogP contribution in [0, 0.1) is 5.92 Å². The fourth-order valence-corrected chi connectivity index (χ4v) is 2.65. The minimum absolute atomic E-state index is 0.407. The number of aliphatic carboxylic acids is 1. The smallest absolute Gasteiger partial charge is 0.309 e. The maximum absolute atomic E-state index is 11.0. The van der Waals surface area contributed by atoms with Crippen molar-refractivity contribution in [1.82, 2.24) is 0 Å². The van der Waals surface area contributed by atoms with Crippen molar-refractivity contribution in [1.29, 1.82) is 0 Å². The molecule has 3 atom stereocenters. The zero-order valence-electron chi connectivity index (χ0n) is 8.37. The molecule has 0 aliphatic heterocycles. The van der Waals surface area contributed by atoms with Gasteiger partial charge >= 0.3 is 5.97 Å². The second kappa shape index (κ2) is 4.49. The van der Waals surface area contributed by atoms with Gasteiger partial charge < -0.3 is 10.2 Å². The Bertz CT molecular complexity index is 219. The Morgan fingerprint density at radius 3 is 2.71 bits per heavy atom. The van der Waals surface area contributed by atoms with Gasteiger partial charge in [0, 0.05) is 0 Å². The summed E-state index contributed by atoms with van der Waals surface area (Å²) in [4.78, 5) is 11.0. The number of carbonyl (C=O) groups is 1. The molecule has 1 rings (SSSR count). The number of hydrogen-bond donors (Lipinski definition) is 2. The molecule has 14 heavy (non-hydrogen) atoms. The fraction of sp³-hybridized carbons (Fsp3) is 0.900. The van der Waals surface area contributed by atoms with Gasteiger partial charge in [0.05, 0.1) is 16.9 Å². The maximum Gasteiger partial charge on any atom is 0.309 e. The summed E-state index contributed by atoms with van der Waals surface area (Å²) in [6.07, 6.45) is 3.29. The van der Waals surface area contributed by atoms with Crippen LogP contribution >= 0.6 is 11.6 Å². The summed E-state index contributed by atoms with van der Waals surface area (Å²) in [6.45, 7) is 1.91. The second-order valence-electron chi connectivity index (χ2n) is 4.03. The topological polar surface area (TPSA) is 57.5 Å². The summed E-state index contributed by atoms with van der Waals surface area (Å²) < 4.78 is 0. The Hall–Kier alpha value is -0.280. The van der Waals surface area contributed by atoms with Gasteiger partial charge in [0.2, 0.25) is 0 Å². The molecule has 3 nitrogen and oxygen atoms in total. The van der Waals surface area contributed by atoms with Crippen LogP contribution in [-0.4, -0.2) is 27.2 Å². The van der Waals surface area contributed by atoms with Gasteiger partial charge in [0.1, 0.15) is 0 Å². The first-order valence-corrected chi connectivity index (χ1v) is 5.55. The molecule has 0 unspecified atom stereocenters. The van der Waals surface area contributed by atoms with Gasteiger partial charge in [0.25, 0.3) is 0 Å². The van der Waals surface area contributed by atoms with E-state index in [1.807, 2.05) is 6.92 Å². The molecule has 2 N–H and O–H groups in total. The fourth-order valence-electron chi connectivity index (χ4n) is 2.24. The molecule has 0 bridgehead atoms. The molecular formula is C10H17ClO3. The van der Waals surface area contributed by atoms with Crippen molar-refractivity contribution in [2.75, 3.05) is 0 Å². The quantitative estimate of drug-likeness (QED) is 0.713. The van der Waals surface area contributed by atoms with E-state index in [2.05, 4.69) is 0 Å². The molecule has 1 fully saturated rings. The van der Waals surface area contributed by atoms with Gasteiger partial charge in [-0.05, 0) is 25.7 Å². The number of carboxylic acid groups (broad SMARTS) is 1. The van der Waals surface area contributed by atoms with Crippen LogP contribution in [0.25, 0.3) is 0 Å². The van der Waals surface area contributed by atoms with E-state index in [1.54, 1.807) is 0 Å². The third-order valence-corrected chi connectivity index (χ3v) is 3.65. The first kappa shape index (κ1) is 11.8. The predicted molar refractivity (Wildman–Crippen MR) is 54.5 cm³/mol. The summed E-state index contributed by atoms with van der Waals surface area (Å²) >= 11 is 5.98. The number of alkyl halides is 1. The van der Waals surface area contributed by atoms with Gasteiger partial charge in [-0.2, -0.15) is 0 Å². The number of carboxylic acids is 1. The van der Waals surface area contributed by atoms with Crippen LogP contribution in [0.3, 0.4) is 0 Å². The molecule has 0 amide bonds. The van der Waals surface area contributed by atoms with E-state index in [1.165, 1.54) is 0 Å². The summed E-state index contributed by atoms with van der Waals surface area (Å²) in [5.74, 6) is -1.64. The summed E-state index contributed by atoms with van der Waals surface area (Å²) in [5, 5.41) is 18.8. The number of aliphatic hydroxyl groups is 1. The molecule has 0 aromatic heterocycles. The van der Waals surface area contributed by atoms with Gasteiger partial charge in [-0.1, -0.05) is 13.3 Å². The van der Waals surface area contributed by atoms with E-state index in [-0.39, 0.29) is 0 Å². The van der Waals surface area contributed by atoms with Crippen molar-refractivity contribution in [3.8, 4) is 0 Å². The highest BCUT2D eigenvalue weighted by Gasteiger charge is 2.49. The average molecular weight is 221 g/mol. The van der Waals surface area contributed by atoms with Crippen LogP contribution in [0.15, 0.2) is 0 Å². The minimum atomic E-state index is -1.19. The number of hydrogen-bond acceptors (Lipinski definition) is 2. The molecule has 4 heteroatoms. The predicted octanol–water partition coefficient (Wildman–Crippen LogP) is 2.01. The van der Waals surface area contributed by atoms with Crippen molar-refractivity contribution in [2.45, 2.75) is 50.0 Å². The van der Waals surface area contributed by atoms with Gasteiger partial charge in [-0.25, -0.2) is 0 Å². The Morgan fingerprint density at radius 1 is 1.71 bits per heavy atom. The van der Waals surface area contributed by atoms with E-state index >= 15 is 0 Å². The molecule has 0 heterocycles. The Labute approximate surface area is 89.1 Å². The normalized spacial score (nSPS) is 34.4. The van der Waals surface area contributed by atoms with Gasteiger partial charge in [0.15, 0.2) is 0 Å². The molecule has 0 spiro atoms. The van der Waals surface area contributed by atoms with E-state index in [9.17, 15) is 9.90 Å². The van der Waals surface area contributed by atoms with E-state index < -0.39 is 22.9 Å². The lowest BCUT2D eigenvalue weighted by atomic mass is 9.82. The van der Waals surface area contributed by atoms with Crippen molar-refractivity contribution in [2.24, 2.45) is 5.92 Å². The molecule has 1 saturated carbocycles. The Morgan fingerprint density at radius 2 is 2.36 bits per heavy atom. The van der Waals surface area contributed by atoms with Crippen molar-refractivity contribution in [3.05, 3.63) is 0 Å². The van der Waals surface area contributed by atoms with E-state index in [0.717, 1.165) is 12.8 Å². The maximum atomic E-state index is 11.0. The van der Waals surface area contributed by atoms with Crippen LogP contribution in [0.5, 0.6) is 0 Å². The molecule has 0 aromatic rings. The van der Waals surface area contributed by atoms with E-state index in [4.69, 9.17) is 16.7 Å². The minimum Gasteiger partial charge on any atom is -0.481 e. The molecule has 0 saturated heterocycles. The highest BCUT2D eigenvalue weighted by molar-refractivity contribution is 6.21. The molecule has 1 aliphatic carbocycles. The lowest BCUT2D eigenvalue weighted by Gasteiger charge is -2.32. The monoisotopic (exact) mass is 220 g/mol. The van der Waals surface area contributed by atoms with Gasteiger partial charge in [-0.15, -0.1) is 11.6 Å². The number of halogens is 1. The number of rotatable bonds is 4. The van der Waals surface area contributed by atoms with Crippen molar-refractivity contribution in [3.63, 3.8) is 0 Å². The zero-order valence-corrected chi connectivity index (χ0v) is 9.13. The Balaban J connectivity index is 2.80. The molecule has 1 aliphatic rings. The molecular weight excluding hydrogens is 204 g/mol. The summed E-state index contributed by atoms with van der Waals surface area (Å²) in [6, 6.07) is 0. The molecule has 82 valence electrons. The zero-order chi connectivity index (χ0) is 10.8. The highest BCUT2D eigenvalue weighted by atomic mass is 35.5. The first-order valence-electron chi connectivity index (χ1n) is 5.11. The van der Waals surface area contributed by atoms with Crippen LogP contribution in [0.1, 0.15) is 39.0 Å². The largest absolute Gasteiger partial charge is 0.481 e. The first-order chi connectivity index (χ1) is 6.52. The van der Waals surface area contributed by atoms with Crippen LogP contribution in [-0.2, 0) is 4.79 Å². The van der Waals surface area contributed by atoms with Crippen molar-refractivity contribution >= 4 is 17.6 Å². The highest BCUT2D eigenvalue weighted by Crippen LogP contribution is 2.41. The second-order valence-corrected chi connectivity index (χ2v) is 4.56. The van der Waals surface area contributed by atoms with Gasteiger partial charge in [-0.3, -0.25) is 4.79 Å². The summed E-state index contributed by atoms with van der Waals surface area (Å²) in [5.41, 5.74) is -1.19. The van der Waals surface area contributed by atoms with Crippen LogP contribution < -0.4 is 0 Å². The Kier molecular flexibility index (Phi) is 3.78. The van der Waals surface area contributed by atoms with Crippen LogP contribution in [0.4, 0.5) is 0 Å². The van der Waals surface area contributed by atoms with Crippen LogP contribution in [0.2, 0.25) is 0 Å². The lowest BCUT2D eigenvalue weighted by molar-refractivity contribution is -0.152. The van der Waals surface area contributed by atoms with Crippen molar-refractivity contribution < 1.29 is 15.0 Å². The third-order valence-electron chi connectivity index (χ3n) is 3.06. The third kappa shape index (κ3) is 2.04.